The molecular formula is C19H17FN2O3S. The Kier molecular flexibility index (Phi) is 5.18. The highest BCUT2D eigenvalue weighted by atomic mass is 32.1. The first kappa shape index (κ1) is 17.9. The maximum Gasteiger partial charge on any atom is 0.275 e. The Hall–Kier alpha value is -2.93. The number of rotatable bonds is 5. The quantitative estimate of drug-likeness (QED) is 0.715. The van der Waals surface area contributed by atoms with E-state index in [1.165, 1.54) is 17.4 Å². The zero-order valence-electron chi connectivity index (χ0n) is 14.5. The number of aromatic nitrogens is 1. The van der Waals surface area contributed by atoms with Crippen molar-refractivity contribution in [2.75, 3.05) is 19.5 Å². The van der Waals surface area contributed by atoms with Crippen molar-refractivity contribution < 1.29 is 18.7 Å². The normalized spacial score (nSPS) is 10.5. The molecule has 0 fully saturated rings. The monoisotopic (exact) mass is 372 g/mol. The molecule has 1 aromatic heterocycles. The number of nitrogens with zero attached hydrogens (tertiary/aromatic N) is 1. The number of hydrogen-bond acceptors (Lipinski definition) is 5. The summed E-state index contributed by atoms with van der Waals surface area (Å²) >= 11 is 1.32. The fraction of sp³-hybridized carbons (Fsp3) is 0.158. The molecule has 0 saturated heterocycles. The predicted molar refractivity (Wildman–Crippen MR) is 99.7 cm³/mol. The van der Waals surface area contributed by atoms with Gasteiger partial charge in [0.25, 0.3) is 5.91 Å². The van der Waals surface area contributed by atoms with Crippen LogP contribution in [0.2, 0.25) is 0 Å². The molecule has 0 aliphatic carbocycles. The van der Waals surface area contributed by atoms with E-state index in [0.29, 0.717) is 22.1 Å². The summed E-state index contributed by atoms with van der Waals surface area (Å²) in [5.41, 5.74) is 1.62. The van der Waals surface area contributed by atoms with Gasteiger partial charge in [0.05, 0.1) is 19.9 Å². The molecule has 0 bridgehead atoms. The number of nitrogens with one attached hydrogen (secondary N) is 1. The van der Waals surface area contributed by atoms with Gasteiger partial charge in [0.1, 0.15) is 16.5 Å². The summed E-state index contributed by atoms with van der Waals surface area (Å²) < 4.78 is 24.5. The van der Waals surface area contributed by atoms with Gasteiger partial charge in [-0.15, -0.1) is 11.3 Å². The fourth-order valence-corrected chi connectivity index (χ4v) is 3.21. The van der Waals surface area contributed by atoms with Crippen LogP contribution in [0.4, 0.5) is 10.1 Å². The van der Waals surface area contributed by atoms with Gasteiger partial charge >= 0.3 is 0 Å². The van der Waals surface area contributed by atoms with Crippen LogP contribution in [0.1, 0.15) is 16.1 Å². The van der Waals surface area contributed by atoms with Crippen LogP contribution in [-0.2, 0) is 0 Å². The molecule has 1 amide bonds. The molecule has 3 rings (SSSR count). The lowest BCUT2D eigenvalue weighted by Crippen LogP contribution is -2.13. The van der Waals surface area contributed by atoms with Gasteiger partial charge in [0.2, 0.25) is 0 Å². The number of thiazole rings is 1. The van der Waals surface area contributed by atoms with E-state index in [-0.39, 0.29) is 11.4 Å². The van der Waals surface area contributed by atoms with Crippen LogP contribution in [0.15, 0.2) is 41.8 Å². The number of carbonyl (C=O) groups excluding carboxylic acids is 1. The maximum atomic E-state index is 14.0. The Morgan fingerprint density at radius 3 is 2.65 bits per heavy atom. The number of benzene rings is 2. The molecule has 0 saturated carbocycles. The summed E-state index contributed by atoms with van der Waals surface area (Å²) in [6.45, 7) is 1.64. The molecule has 7 heteroatoms. The van der Waals surface area contributed by atoms with E-state index in [2.05, 4.69) is 10.3 Å². The summed E-state index contributed by atoms with van der Waals surface area (Å²) in [5, 5.41) is 4.85. The fourth-order valence-electron chi connectivity index (χ4n) is 2.41. The Morgan fingerprint density at radius 2 is 1.92 bits per heavy atom. The first-order chi connectivity index (χ1) is 12.5. The van der Waals surface area contributed by atoms with E-state index in [4.69, 9.17) is 9.47 Å². The van der Waals surface area contributed by atoms with Crippen molar-refractivity contribution >= 4 is 22.9 Å². The number of hydrogen-bond donors (Lipinski definition) is 1. The smallest absolute Gasteiger partial charge is 0.275 e. The Bertz CT molecular complexity index is 956. The van der Waals surface area contributed by atoms with E-state index < -0.39 is 11.7 Å². The summed E-state index contributed by atoms with van der Waals surface area (Å²) in [4.78, 5) is 16.7. The standard InChI is InChI=1S/C19H17FN2O3S/c1-11-5-4-6-13(17(11)20)21-18(23)14-10-26-19(22-14)12-7-8-15(24-2)16(9-12)25-3/h4-10H,1-3H3,(H,21,23). The second-order valence-corrected chi connectivity index (χ2v) is 6.36. The third kappa shape index (κ3) is 3.52. The largest absolute Gasteiger partial charge is 0.493 e. The van der Waals surface area contributed by atoms with Gasteiger partial charge in [-0.2, -0.15) is 0 Å². The van der Waals surface area contributed by atoms with Gasteiger partial charge in [0, 0.05) is 10.9 Å². The Labute approximate surface area is 154 Å². The number of carbonyl (C=O) groups is 1. The minimum atomic E-state index is -0.461. The lowest BCUT2D eigenvalue weighted by Gasteiger charge is -2.08. The number of anilines is 1. The van der Waals surface area contributed by atoms with Crippen molar-refractivity contribution in [2.45, 2.75) is 6.92 Å². The first-order valence-corrected chi connectivity index (χ1v) is 8.66. The SMILES string of the molecule is COc1ccc(-c2nc(C(=O)Nc3cccc(C)c3F)cs2)cc1OC. The summed E-state index contributed by atoms with van der Waals surface area (Å²) in [7, 11) is 3.12. The van der Waals surface area contributed by atoms with Crippen molar-refractivity contribution in [3.05, 3.63) is 58.9 Å². The summed E-state index contributed by atoms with van der Waals surface area (Å²) in [5.74, 6) is 0.280. The van der Waals surface area contributed by atoms with Crippen LogP contribution in [0.3, 0.4) is 0 Å². The predicted octanol–water partition coefficient (Wildman–Crippen LogP) is 4.53. The van der Waals surface area contributed by atoms with Gasteiger partial charge < -0.3 is 14.8 Å². The zero-order chi connectivity index (χ0) is 18.7. The van der Waals surface area contributed by atoms with Gasteiger partial charge in [-0.1, -0.05) is 12.1 Å². The molecule has 0 aliphatic rings. The first-order valence-electron chi connectivity index (χ1n) is 7.78. The third-order valence-corrected chi connectivity index (χ3v) is 4.70. The number of ether oxygens (including phenoxy) is 2. The number of halogens is 1. The highest BCUT2D eigenvalue weighted by molar-refractivity contribution is 7.13. The summed E-state index contributed by atoms with van der Waals surface area (Å²) in [6.07, 6.45) is 0. The van der Waals surface area contributed by atoms with Crippen molar-refractivity contribution in [3.8, 4) is 22.1 Å². The molecular weight excluding hydrogens is 355 g/mol. The van der Waals surface area contributed by atoms with Crippen LogP contribution in [0, 0.1) is 12.7 Å². The third-order valence-electron chi connectivity index (χ3n) is 3.81. The number of amides is 1. The van der Waals surface area contributed by atoms with Crippen molar-refractivity contribution in [1.82, 2.24) is 4.98 Å². The molecule has 134 valence electrons. The molecule has 5 nitrogen and oxygen atoms in total. The van der Waals surface area contributed by atoms with Crippen LogP contribution in [-0.4, -0.2) is 25.1 Å². The second kappa shape index (κ2) is 7.53. The van der Waals surface area contributed by atoms with E-state index in [1.54, 1.807) is 50.8 Å². The zero-order valence-corrected chi connectivity index (χ0v) is 15.3. The van der Waals surface area contributed by atoms with Crippen LogP contribution >= 0.6 is 11.3 Å². The molecule has 2 aromatic carbocycles. The number of aryl methyl sites for hydroxylation is 1. The highest BCUT2D eigenvalue weighted by Crippen LogP contribution is 2.33. The van der Waals surface area contributed by atoms with Crippen LogP contribution < -0.4 is 14.8 Å². The summed E-state index contributed by atoms with van der Waals surface area (Å²) in [6, 6.07) is 10.2. The van der Waals surface area contributed by atoms with Crippen molar-refractivity contribution in [1.29, 1.82) is 0 Å². The second-order valence-electron chi connectivity index (χ2n) is 5.50. The molecule has 26 heavy (non-hydrogen) atoms. The molecule has 1 N–H and O–H groups in total. The van der Waals surface area contributed by atoms with Gasteiger partial charge in [0.15, 0.2) is 11.5 Å². The van der Waals surface area contributed by atoms with E-state index in [0.717, 1.165) is 5.56 Å². The lowest BCUT2D eigenvalue weighted by molar-refractivity contribution is 0.102. The lowest BCUT2D eigenvalue weighted by atomic mass is 10.2. The van der Waals surface area contributed by atoms with Crippen LogP contribution in [0.25, 0.3) is 10.6 Å². The topological polar surface area (TPSA) is 60.5 Å². The minimum absolute atomic E-state index is 0.135. The van der Waals surface area contributed by atoms with E-state index in [1.807, 2.05) is 6.07 Å². The van der Waals surface area contributed by atoms with Crippen LogP contribution in [0.5, 0.6) is 11.5 Å². The maximum absolute atomic E-state index is 14.0. The van der Waals surface area contributed by atoms with Crippen molar-refractivity contribution in [2.24, 2.45) is 0 Å². The Balaban J connectivity index is 1.83. The molecule has 0 atom stereocenters. The molecule has 3 aromatic rings. The molecule has 0 spiro atoms. The van der Waals surface area contributed by atoms with E-state index >= 15 is 0 Å². The van der Waals surface area contributed by atoms with Gasteiger partial charge in [-0.05, 0) is 36.8 Å². The Morgan fingerprint density at radius 1 is 1.15 bits per heavy atom. The molecule has 1 heterocycles. The molecule has 0 radical (unpaired) electrons. The highest BCUT2D eigenvalue weighted by Gasteiger charge is 2.15. The van der Waals surface area contributed by atoms with Gasteiger partial charge in [-0.3, -0.25) is 4.79 Å². The van der Waals surface area contributed by atoms with E-state index in [9.17, 15) is 9.18 Å². The van der Waals surface area contributed by atoms with Gasteiger partial charge in [-0.25, -0.2) is 9.37 Å². The minimum Gasteiger partial charge on any atom is -0.493 e. The number of methoxy groups -OCH3 is 2. The average molecular weight is 372 g/mol. The average Bonchev–Trinajstić information content (AvgIpc) is 3.15. The molecule has 0 unspecified atom stereocenters. The van der Waals surface area contributed by atoms with Crippen molar-refractivity contribution in [3.63, 3.8) is 0 Å². The molecule has 0 aliphatic heterocycles.